The smallest absolute Gasteiger partial charge is 0.231 e. The number of benzene rings is 3. The summed E-state index contributed by atoms with van der Waals surface area (Å²) < 4.78 is 5.25. The summed E-state index contributed by atoms with van der Waals surface area (Å²) in [5, 5.41) is 5.74. The number of hydrogen-bond donors (Lipinski definition) is 1. The van der Waals surface area contributed by atoms with E-state index in [0.29, 0.717) is 10.7 Å². The summed E-state index contributed by atoms with van der Waals surface area (Å²) in [6.07, 6.45) is 0. The Kier molecular flexibility index (Phi) is 4.95. The Balaban J connectivity index is 1.81. The van der Waals surface area contributed by atoms with Gasteiger partial charge in [0.25, 0.3) is 0 Å². The van der Waals surface area contributed by atoms with Gasteiger partial charge in [-0.05, 0) is 60.0 Å². The van der Waals surface area contributed by atoms with E-state index in [1.165, 1.54) is 0 Å². The number of carbonyl (C=O) groups excluding carboxylic acids is 1. The van der Waals surface area contributed by atoms with Crippen molar-refractivity contribution in [3.8, 4) is 5.75 Å². The molecule has 25 heavy (non-hydrogen) atoms. The van der Waals surface area contributed by atoms with Crippen LogP contribution in [0.2, 0.25) is 5.02 Å². The van der Waals surface area contributed by atoms with E-state index in [2.05, 4.69) is 5.32 Å². The first-order valence-electron chi connectivity index (χ1n) is 8.12. The van der Waals surface area contributed by atoms with Crippen molar-refractivity contribution in [2.45, 2.75) is 19.8 Å². The van der Waals surface area contributed by atoms with Gasteiger partial charge in [-0.2, -0.15) is 0 Å². The average Bonchev–Trinajstić information content (AvgIpc) is 2.63. The lowest BCUT2D eigenvalue weighted by Crippen LogP contribution is -2.18. The fourth-order valence-electron chi connectivity index (χ4n) is 2.71. The van der Waals surface area contributed by atoms with Crippen LogP contribution in [-0.4, -0.2) is 13.0 Å². The maximum atomic E-state index is 12.6. The first-order chi connectivity index (χ1) is 12.0. The molecule has 1 atom stereocenters. The normalized spacial score (nSPS) is 12.0. The minimum atomic E-state index is -0.272. The maximum absolute atomic E-state index is 12.6. The second-order valence-electron chi connectivity index (χ2n) is 6.15. The number of fused-ring (bicyclic) bond motifs is 1. The minimum absolute atomic E-state index is 0.0622. The number of halogens is 1. The SMILES string of the molecule is COc1ccc2cc([C@H](C)C(=O)Nc3ccc(C)c(Cl)c3)ccc2c1. The largest absolute Gasteiger partial charge is 0.497 e. The molecule has 0 saturated heterocycles. The number of amides is 1. The van der Waals surface area contributed by atoms with Gasteiger partial charge in [-0.25, -0.2) is 0 Å². The summed E-state index contributed by atoms with van der Waals surface area (Å²) in [4.78, 5) is 12.6. The van der Waals surface area contributed by atoms with Crippen LogP contribution in [0.3, 0.4) is 0 Å². The molecule has 3 aromatic carbocycles. The Morgan fingerprint density at radius 1 is 1.04 bits per heavy atom. The molecule has 128 valence electrons. The zero-order chi connectivity index (χ0) is 18.0. The highest BCUT2D eigenvalue weighted by Crippen LogP contribution is 2.26. The third-order valence-corrected chi connectivity index (χ3v) is 4.81. The number of methoxy groups -OCH3 is 1. The number of ether oxygens (including phenoxy) is 1. The highest BCUT2D eigenvalue weighted by atomic mass is 35.5. The number of aryl methyl sites for hydroxylation is 1. The summed E-state index contributed by atoms with van der Waals surface area (Å²) in [6.45, 7) is 3.83. The molecule has 3 nitrogen and oxygen atoms in total. The van der Waals surface area contributed by atoms with Crippen molar-refractivity contribution in [3.05, 3.63) is 70.7 Å². The Bertz CT molecular complexity index is 936. The Morgan fingerprint density at radius 3 is 2.48 bits per heavy atom. The van der Waals surface area contributed by atoms with Crippen LogP contribution in [0, 0.1) is 6.92 Å². The van der Waals surface area contributed by atoms with E-state index in [-0.39, 0.29) is 11.8 Å². The quantitative estimate of drug-likeness (QED) is 0.667. The van der Waals surface area contributed by atoms with E-state index >= 15 is 0 Å². The first kappa shape index (κ1) is 17.3. The van der Waals surface area contributed by atoms with Crippen LogP contribution < -0.4 is 10.1 Å². The van der Waals surface area contributed by atoms with Gasteiger partial charge in [0.1, 0.15) is 5.75 Å². The predicted molar refractivity (Wildman–Crippen MR) is 104 cm³/mol. The van der Waals surface area contributed by atoms with Gasteiger partial charge >= 0.3 is 0 Å². The molecule has 0 bridgehead atoms. The predicted octanol–water partition coefficient (Wildman–Crippen LogP) is 5.55. The van der Waals surface area contributed by atoms with Crippen LogP contribution in [0.15, 0.2) is 54.6 Å². The minimum Gasteiger partial charge on any atom is -0.497 e. The zero-order valence-electron chi connectivity index (χ0n) is 14.5. The molecule has 1 N–H and O–H groups in total. The molecule has 4 heteroatoms. The molecule has 3 aromatic rings. The van der Waals surface area contributed by atoms with Crippen molar-refractivity contribution in [1.29, 1.82) is 0 Å². The lowest BCUT2D eigenvalue weighted by atomic mass is 9.97. The molecule has 0 spiro atoms. The molecule has 0 aromatic heterocycles. The van der Waals surface area contributed by atoms with Gasteiger partial charge in [-0.3, -0.25) is 4.79 Å². The summed E-state index contributed by atoms with van der Waals surface area (Å²) in [6, 6.07) is 17.5. The van der Waals surface area contributed by atoms with E-state index in [1.54, 1.807) is 13.2 Å². The molecule has 0 aliphatic heterocycles. The molecule has 0 aliphatic rings. The number of carbonyl (C=O) groups is 1. The van der Waals surface area contributed by atoms with Crippen LogP contribution >= 0.6 is 11.6 Å². The van der Waals surface area contributed by atoms with E-state index in [9.17, 15) is 4.79 Å². The monoisotopic (exact) mass is 353 g/mol. The number of hydrogen-bond acceptors (Lipinski definition) is 2. The van der Waals surface area contributed by atoms with Gasteiger partial charge in [0.15, 0.2) is 0 Å². The molecular formula is C21H20ClNO2. The summed E-state index contributed by atoms with van der Waals surface area (Å²) in [5.41, 5.74) is 2.66. The molecule has 0 fully saturated rings. The second kappa shape index (κ2) is 7.16. The molecule has 0 radical (unpaired) electrons. The Hall–Kier alpha value is -2.52. The fourth-order valence-corrected chi connectivity index (χ4v) is 2.89. The molecule has 0 saturated carbocycles. The zero-order valence-corrected chi connectivity index (χ0v) is 15.2. The van der Waals surface area contributed by atoms with E-state index < -0.39 is 0 Å². The Labute approximate surface area is 152 Å². The topological polar surface area (TPSA) is 38.3 Å². The van der Waals surface area contributed by atoms with Gasteiger partial charge in [0, 0.05) is 10.7 Å². The lowest BCUT2D eigenvalue weighted by Gasteiger charge is -2.14. The summed E-state index contributed by atoms with van der Waals surface area (Å²) >= 11 is 6.12. The van der Waals surface area contributed by atoms with Crippen molar-refractivity contribution in [3.63, 3.8) is 0 Å². The molecular weight excluding hydrogens is 334 g/mol. The number of nitrogens with one attached hydrogen (secondary N) is 1. The second-order valence-corrected chi connectivity index (χ2v) is 6.55. The molecule has 3 rings (SSSR count). The number of rotatable bonds is 4. The fraction of sp³-hybridized carbons (Fsp3) is 0.190. The van der Waals surface area contributed by atoms with Crippen molar-refractivity contribution >= 4 is 34.0 Å². The van der Waals surface area contributed by atoms with E-state index in [4.69, 9.17) is 16.3 Å². The van der Waals surface area contributed by atoms with Crippen LogP contribution in [0.5, 0.6) is 5.75 Å². The van der Waals surface area contributed by atoms with Gasteiger partial charge in [-0.1, -0.05) is 41.9 Å². The van der Waals surface area contributed by atoms with Crippen LogP contribution in [0.25, 0.3) is 10.8 Å². The van der Waals surface area contributed by atoms with Crippen molar-refractivity contribution in [2.24, 2.45) is 0 Å². The third kappa shape index (κ3) is 3.77. The van der Waals surface area contributed by atoms with Crippen molar-refractivity contribution < 1.29 is 9.53 Å². The first-order valence-corrected chi connectivity index (χ1v) is 8.50. The van der Waals surface area contributed by atoms with Crippen LogP contribution in [0.4, 0.5) is 5.69 Å². The molecule has 1 amide bonds. The van der Waals surface area contributed by atoms with Crippen molar-refractivity contribution in [2.75, 3.05) is 12.4 Å². The third-order valence-electron chi connectivity index (χ3n) is 4.40. The van der Waals surface area contributed by atoms with Gasteiger partial charge < -0.3 is 10.1 Å². The summed E-state index contributed by atoms with van der Waals surface area (Å²) in [5.74, 6) is 0.488. The van der Waals surface area contributed by atoms with Gasteiger partial charge in [0.2, 0.25) is 5.91 Å². The number of anilines is 1. The maximum Gasteiger partial charge on any atom is 0.231 e. The van der Waals surface area contributed by atoms with Crippen LogP contribution in [-0.2, 0) is 4.79 Å². The van der Waals surface area contributed by atoms with Crippen molar-refractivity contribution in [1.82, 2.24) is 0 Å². The summed E-state index contributed by atoms with van der Waals surface area (Å²) in [7, 11) is 1.65. The standard InChI is InChI=1S/C21H20ClNO2/c1-13-4-8-18(12-20(13)22)23-21(24)14(2)15-5-6-17-11-19(25-3)9-7-16(17)10-15/h4-12,14H,1-3H3,(H,23,24)/t14-/m0/s1. The molecule has 0 aliphatic carbocycles. The molecule has 0 heterocycles. The molecule has 0 unspecified atom stereocenters. The van der Waals surface area contributed by atoms with Gasteiger partial charge in [-0.15, -0.1) is 0 Å². The average molecular weight is 354 g/mol. The lowest BCUT2D eigenvalue weighted by molar-refractivity contribution is -0.117. The van der Waals surface area contributed by atoms with E-state index in [1.807, 2.05) is 62.4 Å². The van der Waals surface area contributed by atoms with Crippen LogP contribution in [0.1, 0.15) is 24.0 Å². The Morgan fingerprint density at radius 2 is 1.76 bits per heavy atom. The highest BCUT2D eigenvalue weighted by molar-refractivity contribution is 6.31. The van der Waals surface area contributed by atoms with Gasteiger partial charge in [0.05, 0.1) is 13.0 Å². The highest BCUT2D eigenvalue weighted by Gasteiger charge is 2.16. The van der Waals surface area contributed by atoms with E-state index in [0.717, 1.165) is 27.6 Å².